The van der Waals surface area contributed by atoms with Gasteiger partial charge in [-0.25, -0.2) is 0 Å². The Labute approximate surface area is 124 Å². The molecule has 6 heteroatoms. The van der Waals surface area contributed by atoms with Gasteiger partial charge in [0.05, 0.1) is 6.61 Å². The largest absolute Gasteiger partial charge is 0.490 e. The smallest absolute Gasteiger partial charge is 0.323 e. The number of amides is 1. The van der Waals surface area contributed by atoms with Crippen molar-refractivity contribution < 1.29 is 24.2 Å². The lowest BCUT2D eigenvalue weighted by molar-refractivity contribution is -0.145. The van der Waals surface area contributed by atoms with Gasteiger partial charge in [0.1, 0.15) is 6.54 Å². The van der Waals surface area contributed by atoms with Crippen molar-refractivity contribution in [3.8, 4) is 11.5 Å². The molecule has 0 saturated carbocycles. The third-order valence-electron chi connectivity index (χ3n) is 2.67. The van der Waals surface area contributed by atoms with Crippen molar-refractivity contribution in [1.82, 2.24) is 4.90 Å². The van der Waals surface area contributed by atoms with Crippen LogP contribution in [0.1, 0.15) is 20.3 Å². The molecule has 0 spiro atoms. The van der Waals surface area contributed by atoms with Crippen LogP contribution in [-0.4, -0.2) is 48.2 Å². The second-order valence-corrected chi connectivity index (χ2v) is 4.38. The van der Waals surface area contributed by atoms with Gasteiger partial charge in [0, 0.05) is 6.54 Å². The Hall–Kier alpha value is -2.24. The van der Waals surface area contributed by atoms with E-state index in [0.717, 1.165) is 0 Å². The molecule has 0 aromatic heterocycles. The first-order chi connectivity index (χ1) is 10.1. The summed E-state index contributed by atoms with van der Waals surface area (Å²) in [7, 11) is 0. The number of carbonyl (C=O) groups excluding carboxylic acids is 1. The molecule has 6 nitrogen and oxygen atoms in total. The number of nitrogens with zero attached hydrogens (tertiary/aromatic N) is 1. The first-order valence-electron chi connectivity index (χ1n) is 6.92. The summed E-state index contributed by atoms with van der Waals surface area (Å²) in [6.45, 7) is 4.10. The number of ether oxygens (including phenoxy) is 2. The predicted octanol–water partition coefficient (Wildman–Crippen LogP) is 1.79. The van der Waals surface area contributed by atoms with Gasteiger partial charge in [0.15, 0.2) is 18.1 Å². The van der Waals surface area contributed by atoms with Crippen molar-refractivity contribution in [2.75, 3.05) is 26.3 Å². The van der Waals surface area contributed by atoms with Crippen LogP contribution >= 0.6 is 0 Å². The Bertz CT molecular complexity index is 475. The van der Waals surface area contributed by atoms with Gasteiger partial charge in [-0.05, 0) is 25.5 Å². The molecule has 116 valence electrons. The lowest BCUT2D eigenvalue weighted by Crippen LogP contribution is -2.39. The van der Waals surface area contributed by atoms with Crippen molar-refractivity contribution >= 4 is 11.9 Å². The Balaban J connectivity index is 2.64. The third-order valence-corrected chi connectivity index (χ3v) is 2.67. The first kappa shape index (κ1) is 16.8. The summed E-state index contributed by atoms with van der Waals surface area (Å²) in [5.74, 6) is -0.357. The van der Waals surface area contributed by atoms with Crippen LogP contribution in [0.2, 0.25) is 0 Å². The maximum absolute atomic E-state index is 12.0. The van der Waals surface area contributed by atoms with Gasteiger partial charge in [-0.2, -0.15) is 0 Å². The first-order valence-corrected chi connectivity index (χ1v) is 6.92. The number of aliphatic carboxylic acids is 1. The van der Waals surface area contributed by atoms with E-state index in [2.05, 4.69) is 0 Å². The molecule has 0 unspecified atom stereocenters. The third kappa shape index (κ3) is 5.72. The highest BCUT2D eigenvalue weighted by Crippen LogP contribution is 2.26. The molecule has 1 aromatic rings. The van der Waals surface area contributed by atoms with E-state index in [0.29, 0.717) is 31.1 Å². The summed E-state index contributed by atoms with van der Waals surface area (Å²) in [5.41, 5.74) is 0. The Kier molecular flexibility index (Phi) is 7.08. The van der Waals surface area contributed by atoms with Gasteiger partial charge in [0.25, 0.3) is 5.91 Å². The Morgan fingerprint density at radius 3 is 2.29 bits per heavy atom. The summed E-state index contributed by atoms with van der Waals surface area (Å²) in [6, 6.07) is 7.06. The van der Waals surface area contributed by atoms with Crippen LogP contribution < -0.4 is 9.47 Å². The molecule has 1 rings (SSSR count). The maximum atomic E-state index is 12.0. The standard InChI is InChI=1S/C15H21NO5/c1-3-9-16(10-15(18)19)14(17)11-21-13-8-6-5-7-12(13)20-4-2/h5-8H,3-4,9-11H2,1-2H3,(H,18,19). The van der Waals surface area contributed by atoms with Gasteiger partial charge in [0.2, 0.25) is 0 Å². The normalized spacial score (nSPS) is 10.0. The van der Waals surface area contributed by atoms with Gasteiger partial charge in [-0.3, -0.25) is 9.59 Å². The lowest BCUT2D eigenvalue weighted by atomic mass is 10.3. The van der Waals surface area contributed by atoms with Crippen LogP contribution in [0.25, 0.3) is 0 Å². The van der Waals surface area contributed by atoms with Gasteiger partial charge in [-0.15, -0.1) is 0 Å². The fraction of sp³-hybridized carbons (Fsp3) is 0.467. The van der Waals surface area contributed by atoms with Crippen LogP contribution in [0.4, 0.5) is 0 Å². The molecule has 0 aliphatic carbocycles. The highest BCUT2D eigenvalue weighted by molar-refractivity contribution is 5.82. The zero-order chi connectivity index (χ0) is 15.7. The molecule has 0 fully saturated rings. The number of para-hydroxylation sites is 2. The number of hydrogen-bond acceptors (Lipinski definition) is 4. The molecule has 1 amide bonds. The number of benzene rings is 1. The fourth-order valence-electron chi connectivity index (χ4n) is 1.80. The van der Waals surface area contributed by atoms with Crippen LogP contribution in [0.15, 0.2) is 24.3 Å². The molecule has 1 aromatic carbocycles. The molecule has 0 atom stereocenters. The van der Waals surface area contributed by atoms with E-state index < -0.39 is 5.97 Å². The average Bonchev–Trinajstić information content (AvgIpc) is 2.45. The zero-order valence-electron chi connectivity index (χ0n) is 12.4. The number of hydrogen-bond donors (Lipinski definition) is 1. The molecule has 0 aliphatic heterocycles. The minimum Gasteiger partial charge on any atom is -0.490 e. The van der Waals surface area contributed by atoms with Crippen LogP contribution in [0.5, 0.6) is 11.5 Å². The number of carboxylic acid groups (broad SMARTS) is 1. The van der Waals surface area contributed by atoms with Crippen molar-refractivity contribution in [3.05, 3.63) is 24.3 Å². The second-order valence-electron chi connectivity index (χ2n) is 4.38. The molecular formula is C15H21NO5. The highest BCUT2D eigenvalue weighted by atomic mass is 16.5. The maximum Gasteiger partial charge on any atom is 0.323 e. The van der Waals surface area contributed by atoms with Crippen molar-refractivity contribution in [3.63, 3.8) is 0 Å². The summed E-state index contributed by atoms with van der Waals surface area (Å²) >= 11 is 0. The van der Waals surface area contributed by atoms with E-state index in [4.69, 9.17) is 14.6 Å². The van der Waals surface area contributed by atoms with Gasteiger partial charge in [-0.1, -0.05) is 19.1 Å². The lowest BCUT2D eigenvalue weighted by Gasteiger charge is -2.20. The average molecular weight is 295 g/mol. The number of carboxylic acids is 1. The molecule has 21 heavy (non-hydrogen) atoms. The summed E-state index contributed by atoms with van der Waals surface area (Å²) in [4.78, 5) is 24.0. The molecule has 0 aliphatic rings. The topological polar surface area (TPSA) is 76.1 Å². The molecular weight excluding hydrogens is 274 g/mol. The van der Waals surface area contributed by atoms with E-state index in [-0.39, 0.29) is 19.1 Å². The highest BCUT2D eigenvalue weighted by Gasteiger charge is 2.17. The minimum absolute atomic E-state index is 0.211. The Morgan fingerprint density at radius 2 is 1.76 bits per heavy atom. The summed E-state index contributed by atoms with van der Waals surface area (Å²) < 4.78 is 10.8. The van der Waals surface area contributed by atoms with Crippen molar-refractivity contribution in [2.24, 2.45) is 0 Å². The van der Waals surface area contributed by atoms with E-state index in [1.165, 1.54) is 4.90 Å². The second kappa shape index (κ2) is 8.84. The Morgan fingerprint density at radius 1 is 1.14 bits per heavy atom. The fourth-order valence-corrected chi connectivity index (χ4v) is 1.80. The van der Waals surface area contributed by atoms with E-state index in [1.54, 1.807) is 18.2 Å². The number of rotatable bonds is 9. The summed E-state index contributed by atoms with van der Waals surface area (Å²) in [6.07, 6.45) is 0.689. The van der Waals surface area contributed by atoms with E-state index >= 15 is 0 Å². The van der Waals surface area contributed by atoms with E-state index in [9.17, 15) is 9.59 Å². The summed E-state index contributed by atoms with van der Waals surface area (Å²) in [5, 5.41) is 8.80. The molecule has 0 radical (unpaired) electrons. The quantitative estimate of drug-likeness (QED) is 0.751. The van der Waals surface area contributed by atoms with Gasteiger partial charge < -0.3 is 19.5 Å². The minimum atomic E-state index is -1.04. The van der Waals surface area contributed by atoms with Crippen molar-refractivity contribution in [2.45, 2.75) is 20.3 Å². The van der Waals surface area contributed by atoms with Crippen LogP contribution in [0, 0.1) is 0 Å². The molecule has 0 saturated heterocycles. The predicted molar refractivity (Wildman–Crippen MR) is 77.6 cm³/mol. The van der Waals surface area contributed by atoms with E-state index in [1.807, 2.05) is 19.9 Å². The monoisotopic (exact) mass is 295 g/mol. The molecule has 0 heterocycles. The van der Waals surface area contributed by atoms with Crippen LogP contribution in [-0.2, 0) is 9.59 Å². The molecule has 1 N–H and O–H groups in total. The number of carbonyl (C=O) groups is 2. The molecule has 0 bridgehead atoms. The SMILES string of the molecule is CCCN(CC(=O)O)C(=O)COc1ccccc1OCC. The van der Waals surface area contributed by atoms with Crippen LogP contribution in [0.3, 0.4) is 0 Å². The van der Waals surface area contributed by atoms with Gasteiger partial charge >= 0.3 is 5.97 Å². The van der Waals surface area contributed by atoms with Crippen molar-refractivity contribution in [1.29, 1.82) is 0 Å². The zero-order valence-corrected chi connectivity index (χ0v) is 12.4.